The molecule has 0 atom stereocenters. The summed E-state index contributed by atoms with van der Waals surface area (Å²) in [5.41, 5.74) is 3.51. The summed E-state index contributed by atoms with van der Waals surface area (Å²) in [7, 11) is 0. The standard InChI is InChI=1S/C25H43NO.ClH/c1-24(2,3)21-18-20(19-22(23(21)27)25(4,5)6)14-10-7-8-11-15-26-16-12-9-13-17-26;/h18-19,27H,7-17H2,1-6H3;1H. The Balaban J connectivity index is 0.00000392. The van der Waals surface area contributed by atoms with Crippen LogP contribution in [0.2, 0.25) is 0 Å². The topological polar surface area (TPSA) is 23.5 Å². The number of unbranched alkanes of at least 4 members (excludes halogenated alkanes) is 3. The van der Waals surface area contributed by atoms with Crippen LogP contribution in [0.25, 0.3) is 0 Å². The monoisotopic (exact) mass is 409 g/mol. The summed E-state index contributed by atoms with van der Waals surface area (Å²) in [6.07, 6.45) is 10.6. The summed E-state index contributed by atoms with van der Waals surface area (Å²) in [6.45, 7) is 17.1. The normalized spacial score (nSPS) is 16.1. The summed E-state index contributed by atoms with van der Waals surface area (Å²) >= 11 is 0. The van der Waals surface area contributed by atoms with E-state index in [0.29, 0.717) is 5.75 Å². The number of benzene rings is 1. The minimum atomic E-state index is -0.0332. The Labute approximate surface area is 180 Å². The lowest BCUT2D eigenvalue weighted by Crippen LogP contribution is -2.30. The molecule has 2 nitrogen and oxygen atoms in total. The number of likely N-dealkylation sites (tertiary alicyclic amines) is 1. The molecule has 162 valence electrons. The number of aromatic hydroxyl groups is 1. The van der Waals surface area contributed by atoms with Crippen molar-refractivity contribution < 1.29 is 5.11 Å². The molecule has 1 saturated heterocycles. The molecule has 0 saturated carbocycles. The average Bonchev–Trinajstić information content (AvgIpc) is 2.58. The molecule has 28 heavy (non-hydrogen) atoms. The average molecular weight is 410 g/mol. The third-order valence-corrected chi connectivity index (χ3v) is 5.92. The Morgan fingerprint density at radius 3 is 1.79 bits per heavy atom. The van der Waals surface area contributed by atoms with E-state index in [0.717, 1.165) is 17.5 Å². The number of hydrogen-bond acceptors (Lipinski definition) is 2. The maximum Gasteiger partial charge on any atom is 0.123 e. The molecule has 2 rings (SSSR count). The number of piperidine rings is 1. The van der Waals surface area contributed by atoms with Crippen molar-refractivity contribution in [2.45, 2.75) is 104 Å². The van der Waals surface area contributed by atoms with Crippen molar-refractivity contribution in [1.29, 1.82) is 0 Å². The van der Waals surface area contributed by atoms with Crippen LogP contribution >= 0.6 is 12.4 Å². The molecule has 1 aromatic carbocycles. The molecule has 0 aromatic heterocycles. The van der Waals surface area contributed by atoms with E-state index in [1.807, 2.05) is 0 Å². The van der Waals surface area contributed by atoms with E-state index >= 15 is 0 Å². The smallest absolute Gasteiger partial charge is 0.123 e. The van der Waals surface area contributed by atoms with Gasteiger partial charge in [-0.3, -0.25) is 0 Å². The highest BCUT2D eigenvalue weighted by Crippen LogP contribution is 2.40. The Hall–Kier alpha value is -0.730. The number of rotatable bonds is 7. The van der Waals surface area contributed by atoms with Gasteiger partial charge in [0.15, 0.2) is 0 Å². The number of aryl methyl sites for hydroxylation is 1. The highest BCUT2D eigenvalue weighted by molar-refractivity contribution is 5.85. The molecule has 0 aliphatic carbocycles. The Morgan fingerprint density at radius 2 is 1.29 bits per heavy atom. The fourth-order valence-electron chi connectivity index (χ4n) is 4.18. The van der Waals surface area contributed by atoms with Crippen molar-refractivity contribution in [3.05, 3.63) is 28.8 Å². The first-order valence-electron chi connectivity index (χ1n) is 11.2. The van der Waals surface area contributed by atoms with Crippen LogP contribution in [0.4, 0.5) is 0 Å². The minimum absolute atomic E-state index is 0. The first-order chi connectivity index (χ1) is 12.6. The van der Waals surface area contributed by atoms with Gasteiger partial charge in [-0.15, -0.1) is 12.4 Å². The predicted octanol–water partition coefficient (Wildman–Crippen LogP) is 7.00. The van der Waals surface area contributed by atoms with E-state index in [1.54, 1.807) is 0 Å². The van der Waals surface area contributed by atoms with Crippen LogP contribution in [0.5, 0.6) is 5.75 Å². The Kier molecular flexibility index (Phi) is 9.83. The fraction of sp³-hybridized carbons (Fsp3) is 0.760. The second-order valence-electron chi connectivity index (χ2n) is 10.6. The second kappa shape index (κ2) is 10.9. The zero-order valence-electron chi connectivity index (χ0n) is 19.2. The van der Waals surface area contributed by atoms with Crippen LogP contribution in [0, 0.1) is 0 Å². The van der Waals surface area contributed by atoms with E-state index in [4.69, 9.17) is 0 Å². The molecule has 1 aliphatic heterocycles. The van der Waals surface area contributed by atoms with E-state index in [2.05, 4.69) is 58.6 Å². The van der Waals surface area contributed by atoms with Gasteiger partial charge in [-0.2, -0.15) is 0 Å². The maximum absolute atomic E-state index is 10.8. The van der Waals surface area contributed by atoms with Crippen molar-refractivity contribution in [2.24, 2.45) is 0 Å². The summed E-state index contributed by atoms with van der Waals surface area (Å²) in [4.78, 5) is 2.65. The second-order valence-corrected chi connectivity index (χ2v) is 10.6. The number of hydrogen-bond donors (Lipinski definition) is 1. The molecule has 0 unspecified atom stereocenters. The van der Waals surface area contributed by atoms with Gasteiger partial charge in [-0.1, -0.05) is 72.9 Å². The fourth-order valence-corrected chi connectivity index (χ4v) is 4.18. The lowest BCUT2D eigenvalue weighted by atomic mass is 9.78. The molecule has 1 aliphatic rings. The third-order valence-electron chi connectivity index (χ3n) is 5.92. The van der Waals surface area contributed by atoms with Gasteiger partial charge < -0.3 is 10.0 Å². The lowest BCUT2D eigenvalue weighted by Gasteiger charge is -2.28. The quantitative estimate of drug-likeness (QED) is 0.490. The van der Waals surface area contributed by atoms with Gasteiger partial charge in [-0.25, -0.2) is 0 Å². The van der Waals surface area contributed by atoms with Crippen LogP contribution in [-0.4, -0.2) is 29.6 Å². The molecule has 1 N–H and O–H groups in total. The van der Waals surface area contributed by atoms with Crippen molar-refractivity contribution in [2.75, 3.05) is 19.6 Å². The van der Waals surface area contributed by atoms with Crippen LogP contribution < -0.4 is 0 Å². The molecule has 1 fully saturated rings. The van der Waals surface area contributed by atoms with Gasteiger partial charge in [0.05, 0.1) is 0 Å². The van der Waals surface area contributed by atoms with Crippen LogP contribution in [0.1, 0.15) is 103 Å². The van der Waals surface area contributed by atoms with Gasteiger partial charge in [-0.05, 0) is 79.3 Å². The SMILES string of the molecule is CC(C)(C)c1cc(CCCCCCN2CCCCC2)cc(C(C)(C)C)c1O.Cl. The van der Waals surface area contributed by atoms with Crippen molar-refractivity contribution in [1.82, 2.24) is 4.90 Å². The molecule has 0 amide bonds. The lowest BCUT2D eigenvalue weighted by molar-refractivity contribution is 0.224. The molecule has 0 spiro atoms. The van der Waals surface area contributed by atoms with Gasteiger partial charge >= 0.3 is 0 Å². The summed E-state index contributed by atoms with van der Waals surface area (Å²) < 4.78 is 0. The molecular weight excluding hydrogens is 366 g/mol. The van der Waals surface area contributed by atoms with Gasteiger partial charge in [0, 0.05) is 0 Å². The van der Waals surface area contributed by atoms with E-state index < -0.39 is 0 Å². The molecule has 0 radical (unpaired) electrons. The highest BCUT2D eigenvalue weighted by Gasteiger charge is 2.26. The van der Waals surface area contributed by atoms with Crippen molar-refractivity contribution >= 4 is 12.4 Å². The molecule has 1 heterocycles. The predicted molar refractivity (Wildman–Crippen MR) is 125 cm³/mol. The molecular formula is C25H44ClNO. The van der Waals surface area contributed by atoms with Crippen LogP contribution in [0.3, 0.4) is 0 Å². The first kappa shape index (κ1) is 25.3. The van der Waals surface area contributed by atoms with E-state index in [9.17, 15) is 5.11 Å². The van der Waals surface area contributed by atoms with Crippen molar-refractivity contribution in [3.8, 4) is 5.75 Å². The van der Waals surface area contributed by atoms with Crippen LogP contribution in [0.15, 0.2) is 12.1 Å². The number of phenolic OH excluding ortho intramolecular Hbond substituents is 1. The number of phenols is 1. The van der Waals surface area contributed by atoms with E-state index in [-0.39, 0.29) is 23.2 Å². The van der Waals surface area contributed by atoms with Crippen LogP contribution in [-0.2, 0) is 17.3 Å². The zero-order valence-corrected chi connectivity index (χ0v) is 20.1. The Bertz CT molecular complexity index is 557. The summed E-state index contributed by atoms with van der Waals surface area (Å²) in [6, 6.07) is 4.50. The molecule has 1 aromatic rings. The summed E-state index contributed by atoms with van der Waals surface area (Å²) in [5, 5.41) is 10.8. The van der Waals surface area contributed by atoms with Gasteiger partial charge in [0.2, 0.25) is 0 Å². The first-order valence-corrected chi connectivity index (χ1v) is 11.2. The molecule has 0 bridgehead atoms. The zero-order chi connectivity index (χ0) is 20.1. The largest absolute Gasteiger partial charge is 0.507 e. The maximum atomic E-state index is 10.8. The van der Waals surface area contributed by atoms with Crippen molar-refractivity contribution in [3.63, 3.8) is 0 Å². The number of nitrogens with zero attached hydrogens (tertiary/aromatic N) is 1. The van der Waals surface area contributed by atoms with Gasteiger partial charge in [0.1, 0.15) is 5.75 Å². The highest BCUT2D eigenvalue weighted by atomic mass is 35.5. The van der Waals surface area contributed by atoms with Gasteiger partial charge in [0.25, 0.3) is 0 Å². The van der Waals surface area contributed by atoms with E-state index in [1.165, 1.54) is 70.1 Å². The number of halogens is 1. The Morgan fingerprint density at radius 1 is 0.786 bits per heavy atom. The minimum Gasteiger partial charge on any atom is -0.507 e. The third kappa shape index (κ3) is 7.59. The molecule has 3 heteroatoms. The summed E-state index contributed by atoms with van der Waals surface area (Å²) in [5.74, 6) is 0.500.